The molecule has 0 N–H and O–H groups in total. The van der Waals surface area contributed by atoms with Crippen molar-refractivity contribution in [3.63, 3.8) is 0 Å². The molecule has 0 spiro atoms. The Morgan fingerprint density at radius 1 is 0.204 bits per heavy atom. The van der Waals surface area contributed by atoms with Crippen LogP contribution >= 0.6 is 22.7 Å². The Morgan fingerprint density at radius 3 is 0.972 bits per heavy atom. The Hall–Kier alpha value is -13.9. The number of para-hydroxylation sites is 4. The number of aromatic nitrogens is 8. The summed E-state index contributed by atoms with van der Waals surface area (Å²) in [5.41, 5.74) is 22.4. The Bertz CT molecular complexity index is 7180. The summed E-state index contributed by atoms with van der Waals surface area (Å²) in [7, 11) is 0. The third-order valence-electron chi connectivity index (χ3n) is 20.8. The van der Waals surface area contributed by atoms with E-state index in [9.17, 15) is 0 Å². The van der Waals surface area contributed by atoms with Crippen molar-refractivity contribution in [1.82, 2.24) is 39.0 Å². The Morgan fingerprint density at radius 2 is 0.528 bits per heavy atom. The van der Waals surface area contributed by atoms with E-state index in [1.165, 1.54) is 84.0 Å². The van der Waals surface area contributed by atoms with Crippen LogP contribution in [0.15, 0.2) is 364 Å². The molecular formula is C98H60N8S2. The number of thiophene rings is 2. The molecule has 22 aromatic rings. The predicted molar refractivity (Wildman–Crippen MR) is 453 cm³/mol. The molecule has 108 heavy (non-hydrogen) atoms. The minimum Gasteiger partial charge on any atom is -0.309 e. The molecule has 8 heterocycles. The number of fused-ring (bicyclic) bond motifs is 16. The lowest BCUT2D eigenvalue weighted by molar-refractivity contribution is 1.16. The maximum atomic E-state index is 5.39. The summed E-state index contributed by atoms with van der Waals surface area (Å²) in [6.45, 7) is 0. The molecular weight excluding hydrogens is 1350 g/mol. The maximum absolute atomic E-state index is 5.39. The summed E-state index contributed by atoms with van der Waals surface area (Å²) in [6, 6.07) is 128. The highest BCUT2D eigenvalue weighted by Gasteiger charge is 2.23. The number of rotatable bonds is 10. The van der Waals surface area contributed by atoms with Crippen molar-refractivity contribution in [3.8, 4) is 102 Å². The van der Waals surface area contributed by atoms with E-state index in [1.807, 2.05) is 34.8 Å². The zero-order chi connectivity index (χ0) is 71.2. The second-order valence-corrected chi connectivity index (χ2v) is 29.3. The molecule has 0 unspecified atom stereocenters. The summed E-state index contributed by atoms with van der Waals surface area (Å²) >= 11 is 3.66. The van der Waals surface area contributed by atoms with E-state index in [2.05, 4.69) is 361 Å². The van der Waals surface area contributed by atoms with Crippen LogP contribution in [0.1, 0.15) is 0 Å². The smallest absolute Gasteiger partial charge is 0.160 e. The van der Waals surface area contributed by atoms with Crippen LogP contribution in [0, 0.1) is 0 Å². The molecule has 504 valence electrons. The van der Waals surface area contributed by atoms with Gasteiger partial charge in [0, 0.05) is 129 Å². The van der Waals surface area contributed by atoms with Gasteiger partial charge in [0.15, 0.2) is 11.6 Å². The lowest BCUT2D eigenvalue weighted by Gasteiger charge is -2.13. The van der Waals surface area contributed by atoms with Crippen molar-refractivity contribution in [3.05, 3.63) is 364 Å². The van der Waals surface area contributed by atoms with Gasteiger partial charge in [-0.25, -0.2) is 29.9 Å². The summed E-state index contributed by atoms with van der Waals surface area (Å²) < 4.78 is 9.70. The van der Waals surface area contributed by atoms with Crippen molar-refractivity contribution >= 4 is 128 Å². The molecule has 0 saturated carbocycles. The topological polar surface area (TPSA) is 87.2 Å². The fourth-order valence-electron chi connectivity index (χ4n) is 15.8. The molecule has 0 aliphatic heterocycles. The standard InChI is InChI=1S/2C49H30N4S/c1-3-14-31(15-4-1)40-30-41(52-49(51-40)34-18-13-19-35(28-34)53-43-23-10-7-20-36(43)37-21-8-11-24-44(37)53)33-26-27-38-42(29-33)50-47(32-16-5-2-6-17-32)46-39-22-9-12-25-45(39)54-48(38)46;1-3-13-31(14-4-1)40-30-41(32-23-26-35(27-24-32)53-43-20-10-7-17-36(43)37-18-8-11-21-44(37)53)52-49(51-40)34-25-28-38-42(29-34)50-47(33-15-5-2-6-16-33)46-39-19-9-12-22-45(39)54-48(38)46/h2*1-30H. The zero-order valence-electron chi connectivity index (χ0n) is 58.0. The van der Waals surface area contributed by atoms with E-state index in [4.69, 9.17) is 29.9 Å². The largest absolute Gasteiger partial charge is 0.309 e. The second kappa shape index (κ2) is 26.1. The highest BCUT2D eigenvalue weighted by atomic mass is 32.1. The Kier molecular flexibility index (Phi) is 15.1. The van der Waals surface area contributed by atoms with Gasteiger partial charge in [0.1, 0.15) is 0 Å². The normalized spacial score (nSPS) is 11.7. The molecule has 10 heteroatoms. The molecule has 0 amide bonds. The van der Waals surface area contributed by atoms with Gasteiger partial charge in [0.2, 0.25) is 0 Å². The SMILES string of the molecule is c1ccc(-c2cc(-c3ccc(-n4c5ccccc5c5ccccc54)cc3)nc(-c3ccc4c(c3)nc(-c3ccccc3)c3c5ccccc5sc43)n2)cc1.c1ccc(-c2cc(-c3ccc4c(c3)nc(-c3ccccc3)c3c5ccccc5sc43)nc(-c3cccc(-n4c5ccccc5c5ccccc54)c3)n2)cc1. The van der Waals surface area contributed by atoms with E-state index in [1.54, 1.807) is 0 Å². The van der Waals surface area contributed by atoms with Gasteiger partial charge in [-0.05, 0) is 84.9 Å². The number of hydrogen-bond donors (Lipinski definition) is 0. The number of nitrogens with zero attached hydrogens (tertiary/aromatic N) is 8. The van der Waals surface area contributed by atoms with Crippen LogP contribution < -0.4 is 0 Å². The van der Waals surface area contributed by atoms with E-state index in [0.29, 0.717) is 11.6 Å². The minimum atomic E-state index is 0.666. The highest BCUT2D eigenvalue weighted by Crippen LogP contribution is 2.47. The summed E-state index contributed by atoms with van der Waals surface area (Å²) in [5, 5.41) is 12.1. The van der Waals surface area contributed by atoms with Crippen molar-refractivity contribution < 1.29 is 0 Å². The van der Waals surface area contributed by atoms with Crippen molar-refractivity contribution in [1.29, 1.82) is 0 Å². The lowest BCUT2D eigenvalue weighted by atomic mass is 10.0. The zero-order valence-corrected chi connectivity index (χ0v) is 59.7. The highest BCUT2D eigenvalue weighted by molar-refractivity contribution is 7.27. The van der Waals surface area contributed by atoms with Crippen molar-refractivity contribution in [2.24, 2.45) is 0 Å². The maximum Gasteiger partial charge on any atom is 0.160 e. The average molecular weight is 1410 g/mol. The molecule has 0 fully saturated rings. The number of hydrogen-bond acceptors (Lipinski definition) is 8. The van der Waals surface area contributed by atoms with Gasteiger partial charge in [-0.2, -0.15) is 0 Å². The van der Waals surface area contributed by atoms with Crippen LogP contribution in [0.2, 0.25) is 0 Å². The van der Waals surface area contributed by atoms with Gasteiger partial charge < -0.3 is 9.13 Å². The molecule has 14 aromatic carbocycles. The second-order valence-electron chi connectivity index (χ2n) is 27.2. The van der Waals surface area contributed by atoms with E-state index < -0.39 is 0 Å². The van der Waals surface area contributed by atoms with Gasteiger partial charge in [-0.15, -0.1) is 22.7 Å². The Labute approximate surface area is 628 Å². The Balaban J connectivity index is 0.000000138. The molecule has 0 aliphatic carbocycles. The summed E-state index contributed by atoms with van der Waals surface area (Å²) in [6.07, 6.45) is 0. The molecule has 0 atom stereocenters. The first-order valence-electron chi connectivity index (χ1n) is 36.2. The van der Waals surface area contributed by atoms with E-state index >= 15 is 0 Å². The van der Waals surface area contributed by atoms with Crippen LogP contribution in [-0.4, -0.2) is 39.0 Å². The summed E-state index contributed by atoms with van der Waals surface area (Å²) in [4.78, 5) is 31.6. The molecule has 0 aliphatic rings. The number of pyridine rings is 2. The van der Waals surface area contributed by atoms with Gasteiger partial charge in [-0.1, -0.05) is 279 Å². The third-order valence-corrected chi connectivity index (χ3v) is 23.2. The molecule has 0 radical (unpaired) electrons. The monoisotopic (exact) mass is 1410 g/mol. The molecule has 22 rings (SSSR count). The quantitative estimate of drug-likeness (QED) is 0.136. The first-order valence-corrected chi connectivity index (χ1v) is 37.9. The van der Waals surface area contributed by atoms with Crippen LogP contribution in [0.25, 0.3) is 207 Å². The van der Waals surface area contributed by atoms with Crippen LogP contribution in [0.3, 0.4) is 0 Å². The predicted octanol–water partition coefficient (Wildman–Crippen LogP) is 26.3. The van der Waals surface area contributed by atoms with Gasteiger partial charge in [0.25, 0.3) is 0 Å². The van der Waals surface area contributed by atoms with Gasteiger partial charge >= 0.3 is 0 Å². The van der Waals surface area contributed by atoms with E-state index in [0.717, 1.165) is 112 Å². The molecule has 0 bridgehead atoms. The number of benzene rings is 14. The molecule has 0 saturated heterocycles. The van der Waals surface area contributed by atoms with Gasteiger partial charge in [0.05, 0.1) is 67.3 Å². The summed E-state index contributed by atoms with van der Waals surface area (Å²) in [5.74, 6) is 1.34. The fourth-order valence-corrected chi connectivity index (χ4v) is 18.2. The minimum absolute atomic E-state index is 0.666. The lowest BCUT2D eigenvalue weighted by Crippen LogP contribution is -1.98. The van der Waals surface area contributed by atoms with Crippen LogP contribution in [0.4, 0.5) is 0 Å². The van der Waals surface area contributed by atoms with Gasteiger partial charge in [-0.3, -0.25) is 0 Å². The first kappa shape index (κ1) is 62.6. The van der Waals surface area contributed by atoms with Crippen molar-refractivity contribution in [2.45, 2.75) is 0 Å². The van der Waals surface area contributed by atoms with E-state index in [-0.39, 0.29) is 0 Å². The average Bonchev–Trinajstić information content (AvgIpc) is 1.56. The van der Waals surface area contributed by atoms with Crippen molar-refractivity contribution in [2.75, 3.05) is 0 Å². The van der Waals surface area contributed by atoms with Crippen LogP contribution in [-0.2, 0) is 0 Å². The first-order chi connectivity index (χ1) is 53.5. The van der Waals surface area contributed by atoms with Crippen LogP contribution in [0.5, 0.6) is 0 Å². The fraction of sp³-hybridized carbons (Fsp3) is 0. The molecule has 8 nitrogen and oxygen atoms in total. The molecule has 8 aromatic heterocycles. The third kappa shape index (κ3) is 10.8.